The molecule has 0 saturated carbocycles. The topological polar surface area (TPSA) is 59.8 Å². The standard InChI is InChI=1S/C15H19ClN4O/c1-9(2)13-5-11(6-14(16)18-13)15(21)17-7-12-8-20(4)19-10(12)3/h5-6,8-9H,7H2,1-4H3,(H,17,21). The maximum atomic E-state index is 12.2. The summed E-state index contributed by atoms with van der Waals surface area (Å²) < 4.78 is 1.73. The quantitative estimate of drug-likeness (QED) is 0.884. The van der Waals surface area contributed by atoms with Crippen LogP contribution in [0.15, 0.2) is 18.3 Å². The number of nitrogens with zero attached hydrogens (tertiary/aromatic N) is 3. The van der Waals surface area contributed by atoms with E-state index < -0.39 is 0 Å². The molecule has 2 rings (SSSR count). The minimum absolute atomic E-state index is 0.163. The molecule has 0 atom stereocenters. The summed E-state index contributed by atoms with van der Waals surface area (Å²) in [7, 11) is 1.86. The predicted molar refractivity (Wildman–Crippen MR) is 82.5 cm³/mol. The lowest BCUT2D eigenvalue weighted by Crippen LogP contribution is -2.23. The Kier molecular flexibility index (Phi) is 4.63. The lowest BCUT2D eigenvalue weighted by atomic mass is 10.1. The van der Waals surface area contributed by atoms with Crippen molar-refractivity contribution >= 4 is 17.5 Å². The highest BCUT2D eigenvalue weighted by molar-refractivity contribution is 6.29. The third kappa shape index (κ3) is 3.82. The zero-order chi connectivity index (χ0) is 15.6. The number of hydrogen-bond donors (Lipinski definition) is 1. The molecular weight excluding hydrogens is 288 g/mol. The van der Waals surface area contributed by atoms with Crippen molar-refractivity contribution in [2.24, 2.45) is 7.05 Å². The molecule has 0 aliphatic carbocycles. The number of pyridine rings is 1. The third-order valence-electron chi connectivity index (χ3n) is 3.22. The maximum absolute atomic E-state index is 12.2. The number of aromatic nitrogens is 3. The highest BCUT2D eigenvalue weighted by Crippen LogP contribution is 2.17. The van der Waals surface area contributed by atoms with E-state index in [9.17, 15) is 4.79 Å². The summed E-state index contributed by atoms with van der Waals surface area (Å²) in [5, 5.41) is 7.47. The molecule has 112 valence electrons. The van der Waals surface area contributed by atoms with Gasteiger partial charge in [0, 0.05) is 36.6 Å². The van der Waals surface area contributed by atoms with Crippen molar-refractivity contribution in [1.29, 1.82) is 0 Å². The van der Waals surface area contributed by atoms with Crippen molar-refractivity contribution in [1.82, 2.24) is 20.1 Å². The fourth-order valence-electron chi connectivity index (χ4n) is 2.04. The second kappa shape index (κ2) is 6.26. The Bertz CT molecular complexity index is 664. The van der Waals surface area contributed by atoms with Crippen LogP contribution in [0.25, 0.3) is 0 Å². The summed E-state index contributed by atoms with van der Waals surface area (Å²) in [6.07, 6.45) is 1.90. The van der Waals surface area contributed by atoms with Gasteiger partial charge >= 0.3 is 0 Å². The number of halogens is 1. The SMILES string of the molecule is Cc1nn(C)cc1CNC(=O)c1cc(Cl)nc(C(C)C)c1. The summed E-state index contributed by atoms with van der Waals surface area (Å²) in [5.41, 5.74) is 3.24. The van der Waals surface area contributed by atoms with Crippen LogP contribution in [0.5, 0.6) is 0 Å². The molecule has 2 heterocycles. The molecule has 0 saturated heterocycles. The monoisotopic (exact) mass is 306 g/mol. The molecule has 2 aromatic rings. The minimum Gasteiger partial charge on any atom is -0.348 e. The van der Waals surface area contributed by atoms with Crippen LogP contribution in [0.3, 0.4) is 0 Å². The molecule has 0 aliphatic heterocycles. The first kappa shape index (κ1) is 15.5. The van der Waals surface area contributed by atoms with Crippen LogP contribution in [0.1, 0.15) is 47.1 Å². The van der Waals surface area contributed by atoms with E-state index in [-0.39, 0.29) is 11.8 Å². The summed E-state index contributed by atoms with van der Waals surface area (Å²) in [6.45, 7) is 6.38. The van der Waals surface area contributed by atoms with E-state index in [2.05, 4.69) is 15.4 Å². The molecule has 5 nitrogen and oxygen atoms in total. The van der Waals surface area contributed by atoms with E-state index in [4.69, 9.17) is 11.6 Å². The van der Waals surface area contributed by atoms with Gasteiger partial charge in [-0.1, -0.05) is 25.4 Å². The van der Waals surface area contributed by atoms with Crippen LogP contribution >= 0.6 is 11.6 Å². The molecule has 0 spiro atoms. The average Bonchev–Trinajstić information content (AvgIpc) is 2.73. The molecule has 21 heavy (non-hydrogen) atoms. The van der Waals surface area contributed by atoms with Gasteiger partial charge in [-0.15, -0.1) is 0 Å². The van der Waals surface area contributed by atoms with Crippen LogP contribution < -0.4 is 5.32 Å². The fourth-order valence-corrected chi connectivity index (χ4v) is 2.26. The van der Waals surface area contributed by atoms with Crippen LogP contribution in [-0.2, 0) is 13.6 Å². The molecule has 0 radical (unpaired) electrons. The summed E-state index contributed by atoms with van der Waals surface area (Å²) in [4.78, 5) is 16.5. The molecule has 1 amide bonds. The Hall–Kier alpha value is -1.88. The van der Waals surface area contributed by atoms with Gasteiger partial charge in [0.2, 0.25) is 0 Å². The zero-order valence-corrected chi connectivity index (χ0v) is 13.4. The van der Waals surface area contributed by atoms with Crippen molar-refractivity contribution in [3.05, 3.63) is 46.0 Å². The first-order valence-corrected chi connectivity index (χ1v) is 7.19. The molecule has 0 aliphatic rings. The van der Waals surface area contributed by atoms with Crippen LogP contribution in [-0.4, -0.2) is 20.7 Å². The van der Waals surface area contributed by atoms with Gasteiger partial charge < -0.3 is 5.32 Å². The fraction of sp³-hybridized carbons (Fsp3) is 0.400. The number of carbonyl (C=O) groups is 1. The predicted octanol–water partition coefficient (Wildman–Crippen LogP) is 2.83. The second-order valence-corrected chi connectivity index (χ2v) is 5.74. The van der Waals surface area contributed by atoms with Gasteiger partial charge in [0.25, 0.3) is 5.91 Å². The normalized spacial score (nSPS) is 11.0. The molecular formula is C15H19ClN4O. The number of aryl methyl sites for hydroxylation is 2. The smallest absolute Gasteiger partial charge is 0.251 e. The van der Waals surface area contributed by atoms with Gasteiger partial charge in [0.1, 0.15) is 5.15 Å². The Morgan fingerprint density at radius 3 is 2.71 bits per heavy atom. The number of hydrogen-bond acceptors (Lipinski definition) is 3. The van der Waals surface area contributed by atoms with Gasteiger partial charge in [-0.3, -0.25) is 9.48 Å². The Labute approximate surface area is 129 Å². The summed E-state index contributed by atoms with van der Waals surface area (Å²) in [6, 6.07) is 3.36. The first-order chi connectivity index (χ1) is 9.86. The number of rotatable bonds is 4. The van der Waals surface area contributed by atoms with E-state index in [1.807, 2.05) is 34.0 Å². The number of carbonyl (C=O) groups excluding carboxylic acids is 1. The van der Waals surface area contributed by atoms with E-state index in [1.54, 1.807) is 16.8 Å². The van der Waals surface area contributed by atoms with Crippen LogP contribution in [0, 0.1) is 6.92 Å². The molecule has 2 aromatic heterocycles. The summed E-state index contributed by atoms with van der Waals surface area (Å²) in [5.74, 6) is 0.0558. The third-order valence-corrected chi connectivity index (χ3v) is 3.42. The van der Waals surface area contributed by atoms with Gasteiger partial charge in [-0.25, -0.2) is 4.98 Å². The Morgan fingerprint density at radius 1 is 1.43 bits per heavy atom. The number of nitrogens with one attached hydrogen (secondary N) is 1. The average molecular weight is 307 g/mol. The van der Waals surface area contributed by atoms with E-state index in [1.165, 1.54) is 0 Å². The van der Waals surface area contributed by atoms with E-state index in [0.29, 0.717) is 17.3 Å². The molecule has 0 fully saturated rings. The highest BCUT2D eigenvalue weighted by Gasteiger charge is 2.12. The maximum Gasteiger partial charge on any atom is 0.251 e. The Balaban J connectivity index is 2.11. The van der Waals surface area contributed by atoms with Crippen molar-refractivity contribution in [3.8, 4) is 0 Å². The minimum atomic E-state index is -0.163. The largest absolute Gasteiger partial charge is 0.348 e. The molecule has 1 N–H and O–H groups in total. The number of amides is 1. The van der Waals surface area contributed by atoms with Gasteiger partial charge in [-0.05, 0) is 25.0 Å². The van der Waals surface area contributed by atoms with E-state index >= 15 is 0 Å². The molecule has 6 heteroatoms. The van der Waals surface area contributed by atoms with Crippen molar-refractivity contribution in [2.45, 2.75) is 33.2 Å². The zero-order valence-electron chi connectivity index (χ0n) is 12.6. The van der Waals surface area contributed by atoms with Gasteiger partial charge in [0.05, 0.1) is 5.69 Å². The molecule has 0 aromatic carbocycles. The van der Waals surface area contributed by atoms with Crippen molar-refractivity contribution in [3.63, 3.8) is 0 Å². The van der Waals surface area contributed by atoms with Crippen molar-refractivity contribution in [2.75, 3.05) is 0 Å². The first-order valence-electron chi connectivity index (χ1n) is 6.81. The molecule has 0 bridgehead atoms. The van der Waals surface area contributed by atoms with E-state index in [0.717, 1.165) is 17.0 Å². The van der Waals surface area contributed by atoms with Gasteiger partial charge in [0.15, 0.2) is 0 Å². The highest BCUT2D eigenvalue weighted by atomic mass is 35.5. The lowest BCUT2D eigenvalue weighted by molar-refractivity contribution is 0.0950. The Morgan fingerprint density at radius 2 is 2.14 bits per heavy atom. The van der Waals surface area contributed by atoms with Crippen molar-refractivity contribution < 1.29 is 4.79 Å². The van der Waals surface area contributed by atoms with Gasteiger partial charge in [-0.2, -0.15) is 5.10 Å². The lowest BCUT2D eigenvalue weighted by Gasteiger charge is -2.09. The second-order valence-electron chi connectivity index (χ2n) is 5.35. The van der Waals surface area contributed by atoms with Crippen LogP contribution in [0.4, 0.5) is 0 Å². The summed E-state index contributed by atoms with van der Waals surface area (Å²) >= 11 is 5.98. The molecule has 0 unspecified atom stereocenters. The van der Waals surface area contributed by atoms with Crippen LogP contribution in [0.2, 0.25) is 5.15 Å².